The number of amides is 2. The number of rotatable bonds is 3. The van der Waals surface area contributed by atoms with Crippen molar-refractivity contribution in [2.75, 3.05) is 0 Å². The Bertz CT molecular complexity index is 321. The third kappa shape index (κ3) is 2.97. The monoisotopic (exact) mass is 219 g/mol. The molecule has 0 N–H and O–H groups in total. The van der Waals surface area contributed by atoms with Crippen LogP contribution in [0.1, 0.15) is 40.5 Å². The molecule has 3 nitrogen and oxygen atoms in total. The second kappa shape index (κ2) is 4.08. The van der Waals surface area contributed by atoms with Gasteiger partial charge in [0.05, 0.1) is 0 Å². The lowest BCUT2D eigenvalue weighted by Crippen LogP contribution is -2.50. The van der Waals surface area contributed by atoms with Crippen molar-refractivity contribution >= 4 is 19.7 Å². The van der Waals surface area contributed by atoms with Crippen LogP contribution in [0.2, 0.25) is 0 Å². The number of nitrogens with zero attached hydrogens (tertiary/aromatic N) is 1. The van der Waals surface area contributed by atoms with Crippen molar-refractivity contribution in [3.8, 4) is 0 Å². The van der Waals surface area contributed by atoms with Crippen LogP contribution < -0.4 is 0 Å². The maximum absolute atomic E-state index is 11.5. The van der Waals surface area contributed by atoms with Gasteiger partial charge in [-0.2, -0.15) is 0 Å². The Morgan fingerprint density at radius 3 is 1.88 bits per heavy atom. The molecule has 0 saturated heterocycles. The summed E-state index contributed by atoms with van der Waals surface area (Å²) < 4.78 is 0. The zero-order valence-corrected chi connectivity index (χ0v) is 10.4. The minimum absolute atomic E-state index is 0.139. The van der Waals surface area contributed by atoms with E-state index in [1.165, 1.54) is 12.2 Å². The van der Waals surface area contributed by atoms with Crippen LogP contribution >= 0.6 is 0 Å². The topological polar surface area (TPSA) is 37.4 Å². The maximum Gasteiger partial charge on any atom is 0.253 e. The predicted molar refractivity (Wildman–Crippen MR) is 63.8 cm³/mol. The third-order valence-electron chi connectivity index (χ3n) is 2.70. The van der Waals surface area contributed by atoms with E-state index < -0.39 is 5.44 Å². The fraction of sp³-hybridized carbons (Fsp3) is 0.667. The molecule has 2 amide bonds. The van der Waals surface area contributed by atoms with E-state index >= 15 is 0 Å². The number of carbonyl (C=O) groups excluding carboxylic acids is 2. The molecule has 2 radical (unpaired) electrons. The molecule has 1 atom stereocenters. The van der Waals surface area contributed by atoms with Gasteiger partial charge in [0.1, 0.15) is 7.85 Å². The van der Waals surface area contributed by atoms with Crippen molar-refractivity contribution < 1.29 is 9.59 Å². The lowest BCUT2D eigenvalue weighted by Gasteiger charge is -2.36. The van der Waals surface area contributed by atoms with Crippen LogP contribution in [0.4, 0.5) is 0 Å². The minimum Gasteiger partial charge on any atom is -0.279 e. The van der Waals surface area contributed by atoms with E-state index in [0.717, 1.165) is 11.3 Å². The molecule has 4 heteroatoms. The molecule has 0 spiro atoms. The second-order valence-corrected chi connectivity index (χ2v) is 5.76. The van der Waals surface area contributed by atoms with Crippen LogP contribution in [0.15, 0.2) is 12.2 Å². The van der Waals surface area contributed by atoms with E-state index in [9.17, 15) is 9.59 Å². The summed E-state index contributed by atoms with van der Waals surface area (Å²) >= 11 is 0. The summed E-state index contributed by atoms with van der Waals surface area (Å²) in [5.74, 6) is -0.632. The number of hydrogen-bond acceptors (Lipinski definition) is 2. The maximum atomic E-state index is 11.5. The van der Waals surface area contributed by atoms with Crippen molar-refractivity contribution in [3.05, 3.63) is 12.2 Å². The lowest BCUT2D eigenvalue weighted by molar-refractivity contribution is -0.140. The van der Waals surface area contributed by atoms with Crippen LogP contribution in [-0.4, -0.2) is 30.0 Å². The van der Waals surface area contributed by atoms with Crippen LogP contribution in [0, 0.1) is 5.41 Å². The van der Waals surface area contributed by atoms with E-state index in [1.54, 1.807) is 6.92 Å². The van der Waals surface area contributed by atoms with E-state index in [-0.39, 0.29) is 17.2 Å². The van der Waals surface area contributed by atoms with Gasteiger partial charge in [0.15, 0.2) is 0 Å². The molecule has 0 fully saturated rings. The van der Waals surface area contributed by atoms with E-state index in [2.05, 4.69) is 20.8 Å². The highest BCUT2D eigenvalue weighted by Gasteiger charge is 2.36. The Hall–Kier alpha value is -1.06. The van der Waals surface area contributed by atoms with Gasteiger partial charge in [-0.3, -0.25) is 14.5 Å². The highest BCUT2D eigenvalue weighted by molar-refractivity contribution is 6.23. The Balaban J connectivity index is 2.71. The number of carbonyl (C=O) groups is 2. The largest absolute Gasteiger partial charge is 0.279 e. The highest BCUT2D eigenvalue weighted by atomic mass is 16.2. The van der Waals surface area contributed by atoms with Crippen molar-refractivity contribution in [2.24, 2.45) is 5.41 Å². The van der Waals surface area contributed by atoms with Gasteiger partial charge in [0.2, 0.25) is 0 Å². The predicted octanol–water partition coefficient (Wildman–Crippen LogP) is 1.62. The summed E-state index contributed by atoms with van der Waals surface area (Å²) in [5, 5.41) is 0. The second-order valence-electron chi connectivity index (χ2n) is 5.76. The van der Waals surface area contributed by atoms with Gasteiger partial charge in [0.25, 0.3) is 11.8 Å². The summed E-state index contributed by atoms with van der Waals surface area (Å²) in [6.45, 7) is 8.04. The fourth-order valence-corrected chi connectivity index (χ4v) is 1.64. The van der Waals surface area contributed by atoms with Crippen LogP contribution in [0.25, 0.3) is 0 Å². The van der Waals surface area contributed by atoms with E-state index in [4.69, 9.17) is 7.85 Å². The summed E-state index contributed by atoms with van der Waals surface area (Å²) in [6, 6.07) is 0. The minimum atomic E-state index is -0.898. The molecule has 16 heavy (non-hydrogen) atoms. The first-order valence-electron chi connectivity index (χ1n) is 5.49. The smallest absolute Gasteiger partial charge is 0.253 e. The standard InChI is InChI=1S/C12H18BNO2/c1-11(2,3)7-8-12(4,13)14-9(15)5-6-10(14)16/h5-6H,7-8H2,1-4H3. The molecule has 1 aliphatic rings. The zero-order valence-electron chi connectivity index (χ0n) is 10.4. The zero-order chi connectivity index (χ0) is 12.6. The summed E-state index contributed by atoms with van der Waals surface area (Å²) in [6.07, 6.45) is 4.00. The molecule has 0 aromatic heterocycles. The van der Waals surface area contributed by atoms with E-state index in [1.807, 2.05) is 0 Å². The Kier molecular flexibility index (Phi) is 3.31. The molecule has 1 rings (SSSR count). The van der Waals surface area contributed by atoms with Gasteiger partial charge in [-0.25, -0.2) is 0 Å². The van der Waals surface area contributed by atoms with Crippen molar-refractivity contribution in [2.45, 2.75) is 46.0 Å². The molecule has 0 aromatic rings. The van der Waals surface area contributed by atoms with Gasteiger partial charge in [-0.15, -0.1) is 0 Å². The first-order valence-corrected chi connectivity index (χ1v) is 5.49. The Labute approximate surface area is 98.3 Å². The average molecular weight is 219 g/mol. The normalized spacial score (nSPS) is 20.4. The molecule has 1 aliphatic heterocycles. The Morgan fingerprint density at radius 1 is 1.06 bits per heavy atom. The van der Waals surface area contributed by atoms with E-state index in [0.29, 0.717) is 6.42 Å². The van der Waals surface area contributed by atoms with Gasteiger partial charge in [0, 0.05) is 17.6 Å². The first-order chi connectivity index (χ1) is 7.13. The molecular formula is C12H18BNO2. The van der Waals surface area contributed by atoms with Gasteiger partial charge < -0.3 is 0 Å². The highest BCUT2D eigenvalue weighted by Crippen LogP contribution is 2.28. The SMILES string of the molecule is [B]C(C)(CCC(C)(C)C)N1C(=O)C=CC1=O. The summed E-state index contributed by atoms with van der Waals surface area (Å²) in [5.41, 5.74) is -0.759. The van der Waals surface area contributed by atoms with Crippen LogP contribution in [0.3, 0.4) is 0 Å². The van der Waals surface area contributed by atoms with Gasteiger partial charge in [-0.1, -0.05) is 20.8 Å². The van der Waals surface area contributed by atoms with Crippen molar-refractivity contribution in [3.63, 3.8) is 0 Å². The van der Waals surface area contributed by atoms with Gasteiger partial charge >= 0.3 is 0 Å². The van der Waals surface area contributed by atoms with Crippen molar-refractivity contribution in [1.82, 2.24) is 4.90 Å². The number of imide groups is 1. The van der Waals surface area contributed by atoms with Crippen molar-refractivity contribution in [1.29, 1.82) is 0 Å². The number of hydrogen-bond donors (Lipinski definition) is 0. The molecule has 0 bridgehead atoms. The molecule has 0 aromatic carbocycles. The average Bonchev–Trinajstić information content (AvgIpc) is 2.42. The molecule has 1 unspecified atom stereocenters. The molecule has 0 aliphatic carbocycles. The molecule has 0 saturated carbocycles. The molecular weight excluding hydrogens is 201 g/mol. The summed E-state index contributed by atoms with van der Waals surface area (Å²) in [4.78, 5) is 24.1. The quantitative estimate of drug-likeness (QED) is 0.534. The third-order valence-corrected chi connectivity index (χ3v) is 2.70. The molecule has 86 valence electrons. The van der Waals surface area contributed by atoms with Gasteiger partial charge in [-0.05, 0) is 25.2 Å². The first kappa shape index (κ1) is 13.0. The Morgan fingerprint density at radius 2 is 1.50 bits per heavy atom. The lowest BCUT2D eigenvalue weighted by atomic mass is 9.71. The molecule has 1 heterocycles. The fourth-order valence-electron chi connectivity index (χ4n) is 1.64. The summed E-state index contributed by atoms with van der Waals surface area (Å²) in [7, 11) is 6.05. The van der Waals surface area contributed by atoms with Crippen LogP contribution in [-0.2, 0) is 9.59 Å². The van der Waals surface area contributed by atoms with Crippen LogP contribution in [0.5, 0.6) is 0 Å².